The van der Waals surface area contributed by atoms with Gasteiger partial charge in [-0.25, -0.2) is 4.99 Å². The number of fused-ring (bicyclic) bond motifs is 1. The largest absolute Gasteiger partial charge is 0.353 e. The molecule has 3 aromatic rings. The number of likely N-dealkylation sites (tertiary alicyclic amines) is 1. The fourth-order valence-corrected chi connectivity index (χ4v) is 6.14. The van der Waals surface area contributed by atoms with E-state index in [0.29, 0.717) is 25.6 Å². The second-order valence-corrected chi connectivity index (χ2v) is 11.3. The van der Waals surface area contributed by atoms with E-state index in [1.165, 1.54) is 32.7 Å². The van der Waals surface area contributed by atoms with Gasteiger partial charge in [-0.05, 0) is 78.3 Å². The van der Waals surface area contributed by atoms with Crippen LogP contribution in [0.1, 0.15) is 52.6 Å². The summed E-state index contributed by atoms with van der Waals surface area (Å²) >= 11 is 1.79. The molecule has 38 heavy (non-hydrogen) atoms. The van der Waals surface area contributed by atoms with Crippen LogP contribution in [-0.2, 0) is 37.3 Å². The fraction of sp³-hybridized carbons (Fsp3) is 0.375. The highest BCUT2D eigenvalue weighted by molar-refractivity contribution is 7.98. The smallest absolute Gasteiger partial charge is 0.222 e. The van der Waals surface area contributed by atoms with E-state index in [9.17, 15) is 4.79 Å². The summed E-state index contributed by atoms with van der Waals surface area (Å²) in [6, 6.07) is 24.3. The van der Waals surface area contributed by atoms with Crippen LogP contribution in [-0.4, -0.2) is 35.6 Å². The number of carbonyl (C=O) groups excluding carboxylic acids is 1. The van der Waals surface area contributed by atoms with Crippen LogP contribution in [0.25, 0.3) is 0 Å². The summed E-state index contributed by atoms with van der Waals surface area (Å²) in [6.07, 6.45) is 6.97. The summed E-state index contributed by atoms with van der Waals surface area (Å²) in [5, 5.41) is 7.37. The maximum absolute atomic E-state index is 12.1. The van der Waals surface area contributed by atoms with Crippen LogP contribution >= 0.6 is 11.8 Å². The molecule has 1 atom stereocenters. The summed E-state index contributed by atoms with van der Waals surface area (Å²) in [4.78, 5) is 20.4. The maximum atomic E-state index is 12.1. The number of rotatable bonds is 8. The molecular weight excluding hydrogens is 488 g/mol. The Balaban J connectivity index is 1.30. The Morgan fingerprint density at radius 1 is 1.03 bits per heavy atom. The number of guanidine groups is 1. The highest BCUT2D eigenvalue weighted by Crippen LogP contribution is 2.23. The molecule has 0 spiro atoms. The highest BCUT2D eigenvalue weighted by atomic mass is 32.2. The molecule has 1 aliphatic carbocycles. The number of aryl methyl sites for hydroxylation is 2. The lowest BCUT2D eigenvalue weighted by molar-refractivity contribution is -0.128. The lowest BCUT2D eigenvalue weighted by atomic mass is 9.88. The second kappa shape index (κ2) is 12.5. The Labute approximate surface area is 231 Å². The van der Waals surface area contributed by atoms with Gasteiger partial charge in [0, 0.05) is 37.0 Å². The van der Waals surface area contributed by atoms with Crippen molar-refractivity contribution in [3.05, 3.63) is 100 Å². The van der Waals surface area contributed by atoms with Crippen molar-refractivity contribution in [3.8, 4) is 0 Å². The van der Waals surface area contributed by atoms with Gasteiger partial charge >= 0.3 is 0 Å². The van der Waals surface area contributed by atoms with Crippen molar-refractivity contribution < 1.29 is 4.79 Å². The van der Waals surface area contributed by atoms with E-state index in [1.807, 2.05) is 4.90 Å². The van der Waals surface area contributed by atoms with Gasteiger partial charge in [0.1, 0.15) is 0 Å². The summed E-state index contributed by atoms with van der Waals surface area (Å²) in [6.45, 7) is 5.00. The van der Waals surface area contributed by atoms with Crippen molar-refractivity contribution in [2.24, 2.45) is 4.99 Å². The minimum absolute atomic E-state index is 0.263. The predicted molar refractivity (Wildman–Crippen MR) is 157 cm³/mol. The number of benzene rings is 3. The Morgan fingerprint density at radius 3 is 2.68 bits per heavy atom. The van der Waals surface area contributed by atoms with Crippen molar-refractivity contribution in [1.29, 1.82) is 0 Å². The minimum Gasteiger partial charge on any atom is -0.353 e. The van der Waals surface area contributed by atoms with E-state index >= 15 is 0 Å². The lowest BCUT2D eigenvalue weighted by Gasteiger charge is -2.27. The summed E-state index contributed by atoms with van der Waals surface area (Å²) in [5.41, 5.74) is 7.79. The number of hydrogen-bond acceptors (Lipinski definition) is 3. The van der Waals surface area contributed by atoms with E-state index < -0.39 is 0 Å². The van der Waals surface area contributed by atoms with E-state index in [-0.39, 0.29) is 5.91 Å². The van der Waals surface area contributed by atoms with Crippen molar-refractivity contribution in [2.45, 2.75) is 69.6 Å². The summed E-state index contributed by atoms with van der Waals surface area (Å²) < 4.78 is 0. The Morgan fingerprint density at radius 2 is 1.87 bits per heavy atom. The van der Waals surface area contributed by atoms with Gasteiger partial charge < -0.3 is 15.5 Å². The normalized spacial score (nSPS) is 17.4. The summed E-state index contributed by atoms with van der Waals surface area (Å²) in [5.74, 6) is 1.11. The first-order valence-electron chi connectivity index (χ1n) is 13.7. The van der Waals surface area contributed by atoms with Gasteiger partial charge in [0.2, 0.25) is 5.91 Å². The van der Waals surface area contributed by atoms with Crippen LogP contribution in [0.15, 0.2) is 76.6 Å². The first-order valence-corrected chi connectivity index (χ1v) is 14.9. The van der Waals surface area contributed by atoms with Crippen LogP contribution in [0, 0.1) is 6.92 Å². The van der Waals surface area contributed by atoms with Crippen LogP contribution < -0.4 is 10.6 Å². The van der Waals surface area contributed by atoms with Gasteiger partial charge in [0.15, 0.2) is 5.96 Å². The third-order valence-electron chi connectivity index (χ3n) is 7.53. The van der Waals surface area contributed by atoms with E-state index in [1.54, 1.807) is 11.8 Å². The van der Waals surface area contributed by atoms with Crippen LogP contribution in [0.4, 0.5) is 0 Å². The average Bonchev–Trinajstić information content (AvgIpc) is 3.34. The molecule has 0 saturated carbocycles. The maximum Gasteiger partial charge on any atom is 0.222 e. The van der Waals surface area contributed by atoms with Gasteiger partial charge in [-0.15, -0.1) is 11.8 Å². The molecule has 5 nitrogen and oxygen atoms in total. The Kier molecular flexibility index (Phi) is 8.69. The SMILES string of the molecule is CSc1cc(C)ccc1CNC(=NCc1cccc(CN2CCCC2=O)c1)NC1CCc2ccccc2C1. The van der Waals surface area contributed by atoms with Crippen molar-refractivity contribution in [1.82, 2.24) is 15.5 Å². The molecular formula is C32H38N4OS. The first-order chi connectivity index (χ1) is 18.6. The molecule has 2 N–H and O–H groups in total. The molecule has 0 aromatic heterocycles. The van der Waals surface area contributed by atoms with Crippen LogP contribution in [0.3, 0.4) is 0 Å². The molecule has 3 aromatic carbocycles. The average molecular weight is 527 g/mol. The van der Waals surface area contributed by atoms with Crippen LogP contribution in [0.5, 0.6) is 0 Å². The number of carbonyl (C=O) groups is 1. The van der Waals surface area contributed by atoms with Crippen molar-refractivity contribution in [2.75, 3.05) is 12.8 Å². The van der Waals surface area contributed by atoms with Gasteiger partial charge in [-0.1, -0.05) is 60.7 Å². The molecule has 1 saturated heterocycles. The van der Waals surface area contributed by atoms with E-state index in [0.717, 1.165) is 50.3 Å². The van der Waals surface area contributed by atoms with Gasteiger partial charge in [-0.3, -0.25) is 4.79 Å². The zero-order chi connectivity index (χ0) is 26.3. The standard InChI is InChI=1S/C32H38N4OS/c1-23-12-13-28(30(17-23)38-2)21-34-32(35-29-15-14-26-9-3-4-10-27(26)19-29)33-20-24-7-5-8-25(18-24)22-36-16-6-11-31(36)37/h3-5,7-10,12-13,17-18,29H,6,11,14-16,19-22H2,1-2H3,(H2,33,34,35). The number of thioether (sulfide) groups is 1. The zero-order valence-corrected chi connectivity index (χ0v) is 23.3. The Hall–Kier alpha value is -3.25. The molecule has 1 amide bonds. The van der Waals surface area contributed by atoms with Crippen molar-refractivity contribution in [3.63, 3.8) is 0 Å². The fourth-order valence-electron chi connectivity index (χ4n) is 5.43. The molecule has 0 bridgehead atoms. The van der Waals surface area contributed by atoms with Gasteiger partial charge in [0.25, 0.3) is 0 Å². The highest BCUT2D eigenvalue weighted by Gasteiger charge is 2.21. The lowest BCUT2D eigenvalue weighted by Crippen LogP contribution is -2.45. The molecule has 0 radical (unpaired) electrons. The number of aliphatic imine (C=N–C) groups is 1. The molecule has 1 fully saturated rings. The quantitative estimate of drug-likeness (QED) is 0.227. The van der Waals surface area contributed by atoms with Gasteiger partial charge in [0.05, 0.1) is 6.54 Å². The van der Waals surface area contributed by atoms with Crippen LogP contribution in [0.2, 0.25) is 0 Å². The third-order valence-corrected chi connectivity index (χ3v) is 8.35. The Bertz CT molecular complexity index is 1300. The molecule has 1 heterocycles. The van der Waals surface area contributed by atoms with E-state index in [4.69, 9.17) is 4.99 Å². The molecule has 2 aliphatic rings. The molecule has 1 aliphatic heterocycles. The first kappa shape index (κ1) is 26.4. The molecule has 5 rings (SSSR count). The molecule has 198 valence electrons. The third kappa shape index (κ3) is 6.79. The number of hydrogen-bond donors (Lipinski definition) is 2. The predicted octanol–water partition coefficient (Wildman–Crippen LogP) is 5.63. The number of nitrogens with one attached hydrogen (secondary N) is 2. The minimum atomic E-state index is 0.263. The zero-order valence-electron chi connectivity index (χ0n) is 22.5. The number of nitrogens with zero attached hydrogens (tertiary/aromatic N) is 2. The monoisotopic (exact) mass is 526 g/mol. The molecule has 1 unspecified atom stereocenters. The van der Waals surface area contributed by atoms with Gasteiger partial charge in [-0.2, -0.15) is 0 Å². The van der Waals surface area contributed by atoms with Crippen molar-refractivity contribution >= 4 is 23.6 Å². The topological polar surface area (TPSA) is 56.7 Å². The van der Waals surface area contributed by atoms with E-state index in [2.05, 4.69) is 90.5 Å². The summed E-state index contributed by atoms with van der Waals surface area (Å²) in [7, 11) is 0. The number of amides is 1. The second-order valence-electron chi connectivity index (χ2n) is 10.4. The molecule has 6 heteroatoms.